The highest BCUT2D eigenvalue weighted by Gasteiger charge is 2.33. The zero-order valence-corrected chi connectivity index (χ0v) is 17.7. The minimum absolute atomic E-state index is 0. The Kier molecular flexibility index (Phi) is 9.47. The molecule has 0 saturated heterocycles. The number of alkyl halides is 3. The van der Waals surface area contributed by atoms with Crippen LogP contribution >= 0.6 is 35.3 Å². The van der Waals surface area contributed by atoms with Gasteiger partial charge in [-0.1, -0.05) is 19.8 Å². The zero-order chi connectivity index (χ0) is 17.6. The van der Waals surface area contributed by atoms with E-state index in [-0.39, 0.29) is 30.5 Å². The van der Waals surface area contributed by atoms with Crippen molar-refractivity contribution in [3.8, 4) is 0 Å². The molecule has 1 fully saturated rings. The molecule has 1 aromatic heterocycles. The zero-order valence-electron chi connectivity index (χ0n) is 14.5. The van der Waals surface area contributed by atoms with Crippen LogP contribution in [-0.4, -0.2) is 24.0 Å². The van der Waals surface area contributed by atoms with Crippen molar-refractivity contribution < 1.29 is 13.2 Å². The lowest BCUT2D eigenvalue weighted by molar-refractivity contribution is -0.140. The molecule has 0 aromatic carbocycles. The van der Waals surface area contributed by atoms with Gasteiger partial charge < -0.3 is 10.6 Å². The molecule has 1 aliphatic rings. The highest BCUT2D eigenvalue weighted by Crippen LogP contribution is 2.30. The maximum atomic E-state index is 12.5. The van der Waals surface area contributed by atoms with Gasteiger partial charge in [-0.25, -0.2) is 4.98 Å². The lowest BCUT2D eigenvalue weighted by Gasteiger charge is -2.30. The van der Waals surface area contributed by atoms with E-state index < -0.39 is 11.9 Å². The molecule has 9 heteroatoms. The summed E-state index contributed by atoms with van der Waals surface area (Å²) in [6.45, 7) is 2.46. The number of halogens is 4. The van der Waals surface area contributed by atoms with Crippen molar-refractivity contribution in [2.75, 3.05) is 7.05 Å². The maximum absolute atomic E-state index is 12.5. The number of nitrogens with zero attached hydrogens (tertiary/aromatic N) is 2. The third kappa shape index (κ3) is 7.28. The number of guanidine groups is 1. The van der Waals surface area contributed by atoms with Crippen molar-refractivity contribution in [2.45, 2.75) is 64.2 Å². The van der Waals surface area contributed by atoms with E-state index >= 15 is 0 Å². The van der Waals surface area contributed by atoms with Crippen LogP contribution in [0.25, 0.3) is 0 Å². The summed E-state index contributed by atoms with van der Waals surface area (Å²) in [5.74, 6) is 1.46. The minimum Gasteiger partial charge on any atom is -0.354 e. The van der Waals surface area contributed by atoms with Gasteiger partial charge in [0.05, 0.1) is 6.54 Å². The number of thiazole rings is 1. The number of rotatable bonds is 5. The smallest absolute Gasteiger partial charge is 0.354 e. The molecule has 0 atom stereocenters. The fourth-order valence-corrected chi connectivity index (χ4v) is 3.81. The first kappa shape index (κ1) is 22.5. The number of hydrogen-bond donors (Lipinski definition) is 2. The van der Waals surface area contributed by atoms with Gasteiger partial charge in [-0.2, -0.15) is 13.2 Å². The van der Waals surface area contributed by atoms with Gasteiger partial charge in [0.2, 0.25) is 0 Å². The third-order valence-electron chi connectivity index (χ3n) is 4.36. The number of aromatic nitrogens is 1. The summed E-state index contributed by atoms with van der Waals surface area (Å²) in [5, 5.41) is 7.87. The number of nitrogens with one attached hydrogen (secondary N) is 2. The Balaban J connectivity index is 0.00000312. The SMILES string of the molecule is CCCC1CCC(NC(=NC)NCc2nc(C(F)(F)F)cs2)CC1.I. The van der Waals surface area contributed by atoms with Crippen LogP contribution in [0.1, 0.15) is 56.2 Å². The van der Waals surface area contributed by atoms with Crippen LogP contribution in [0.4, 0.5) is 13.2 Å². The Hall–Kier alpha value is -0.580. The molecule has 25 heavy (non-hydrogen) atoms. The minimum atomic E-state index is -4.38. The fourth-order valence-electron chi connectivity index (χ4n) is 3.07. The van der Waals surface area contributed by atoms with Gasteiger partial charge >= 0.3 is 6.18 Å². The predicted molar refractivity (Wildman–Crippen MR) is 107 cm³/mol. The molecule has 1 aliphatic carbocycles. The summed E-state index contributed by atoms with van der Waals surface area (Å²) in [5.41, 5.74) is -0.832. The standard InChI is InChI=1S/C16H25F3N4S.HI/c1-3-4-11-5-7-12(8-6-11)22-15(20-2)21-9-14-23-13(10-24-14)16(17,18)19;/h10-12H,3-9H2,1-2H3,(H2,20,21,22);1H. The normalized spacial score (nSPS) is 21.6. The molecule has 2 rings (SSSR count). The molecule has 4 nitrogen and oxygen atoms in total. The molecule has 0 bridgehead atoms. The average Bonchev–Trinajstić information content (AvgIpc) is 3.02. The van der Waals surface area contributed by atoms with E-state index in [0.29, 0.717) is 17.0 Å². The summed E-state index contributed by atoms with van der Waals surface area (Å²) >= 11 is 1.00. The molecule has 1 saturated carbocycles. The predicted octanol–water partition coefficient (Wildman–Crippen LogP) is 4.80. The van der Waals surface area contributed by atoms with Crippen LogP contribution in [0.15, 0.2) is 10.4 Å². The average molecular weight is 490 g/mol. The highest BCUT2D eigenvalue weighted by atomic mass is 127. The van der Waals surface area contributed by atoms with Gasteiger partial charge in [-0.05, 0) is 31.6 Å². The van der Waals surface area contributed by atoms with Crippen molar-refractivity contribution in [1.82, 2.24) is 15.6 Å². The largest absolute Gasteiger partial charge is 0.434 e. The molecule has 0 amide bonds. The van der Waals surface area contributed by atoms with E-state index in [1.807, 2.05) is 0 Å². The van der Waals surface area contributed by atoms with E-state index in [1.54, 1.807) is 7.05 Å². The van der Waals surface area contributed by atoms with Crippen LogP contribution in [0.2, 0.25) is 0 Å². The molecular formula is C16H26F3IN4S. The second-order valence-corrected chi connectivity index (χ2v) is 7.14. The Labute approximate surface area is 168 Å². The molecule has 1 aromatic rings. The Bertz CT molecular complexity index is 540. The summed E-state index contributed by atoms with van der Waals surface area (Å²) < 4.78 is 37.6. The lowest BCUT2D eigenvalue weighted by atomic mass is 9.83. The van der Waals surface area contributed by atoms with Crippen molar-refractivity contribution in [2.24, 2.45) is 10.9 Å². The van der Waals surface area contributed by atoms with Crippen molar-refractivity contribution in [3.05, 3.63) is 16.1 Å². The summed E-state index contributed by atoms with van der Waals surface area (Å²) in [7, 11) is 1.67. The van der Waals surface area contributed by atoms with Crippen LogP contribution in [-0.2, 0) is 12.7 Å². The number of hydrogen-bond acceptors (Lipinski definition) is 3. The van der Waals surface area contributed by atoms with Crippen LogP contribution in [0.3, 0.4) is 0 Å². The third-order valence-corrected chi connectivity index (χ3v) is 5.21. The quantitative estimate of drug-likeness (QED) is 0.354. The van der Waals surface area contributed by atoms with Crippen molar-refractivity contribution >= 4 is 41.3 Å². The first-order valence-electron chi connectivity index (χ1n) is 8.41. The van der Waals surface area contributed by atoms with E-state index in [0.717, 1.165) is 35.5 Å². The molecule has 1 heterocycles. The van der Waals surface area contributed by atoms with Crippen LogP contribution in [0, 0.1) is 5.92 Å². The monoisotopic (exact) mass is 490 g/mol. The van der Waals surface area contributed by atoms with Gasteiger partial charge in [0.1, 0.15) is 5.01 Å². The second-order valence-electron chi connectivity index (χ2n) is 6.20. The van der Waals surface area contributed by atoms with E-state index in [1.165, 1.54) is 25.7 Å². The molecule has 0 aliphatic heterocycles. The molecule has 0 unspecified atom stereocenters. The Morgan fingerprint density at radius 3 is 2.52 bits per heavy atom. The highest BCUT2D eigenvalue weighted by molar-refractivity contribution is 14.0. The maximum Gasteiger partial charge on any atom is 0.434 e. The number of aliphatic imine (C=N–C) groups is 1. The first-order chi connectivity index (χ1) is 11.4. The summed E-state index contributed by atoms with van der Waals surface area (Å²) in [4.78, 5) is 7.77. The van der Waals surface area contributed by atoms with E-state index in [2.05, 4.69) is 27.5 Å². The van der Waals surface area contributed by atoms with Gasteiger partial charge in [0, 0.05) is 18.5 Å². The van der Waals surface area contributed by atoms with Gasteiger partial charge in [-0.15, -0.1) is 35.3 Å². The van der Waals surface area contributed by atoms with E-state index in [9.17, 15) is 13.2 Å². The molecule has 0 radical (unpaired) electrons. The van der Waals surface area contributed by atoms with Crippen LogP contribution < -0.4 is 10.6 Å². The van der Waals surface area contributed by atoms with Crippen LogP contribution in [0.5, 0.6) is 0 Å². The van der Waals surface area contributed by atoms with Gasteiger partial charge in [0.15, 0.2) is 11.7 Å². The molecule has 2 N–H and O–H groups in total. The Morgan fingerprint density at radius 2 is 2.00 bits per heavy atom. The first-order valence-corrected chi connectivity index (χ1v) is 9.29. The lowest BCUT2D eigenvalue weighted by Crippen LogP contribution is -2.44. The fraction of sp³-hybridized carbons (Fsp3) is 0.750. The topological polar surface area (TPSA) is 49.3 Å². The second kappa shape index (κ2) is 10.5. The van der Waals surface area contributed by atoms with Gasteiger partial charge in [0.25, 0.3) is 0 Å². The summed E-state index contributed by atoms with van der Waals surface area (Å²) in [6.07, 6.45) is 2.83. The van der Waals surface area contributed by atoms with Crippen molar-refractivity contribution in [3.63, 3.8) is 0 Å². The van der Waals surface area contributed by atoms with Gasteiger partial charge in [-0.3, -0.25) is 4.99 Å². The molecular weight excluding hydrogens is 464 g/mol. The Morgan fingerprint density at radius 1 is 1.32 bits per heavy atom. The molecule has 144 valence electrons. The summed E-state index contributed by atoms with van der Waals surface area (Å²) in [6, 6.07) is 0.381. The molecule has 0 spiro atoms. The van der Waals surface area contributed by atoms with Crippen molar-refractivity contribution in [1.29, 1.82) is 0 Å². The van der Waals surface area contributed by atoms with E-state index in [4.69, 9.17) is 0 Å².